The van der Waals surface area contributed by atoms with E-state index in [1.807, 2.05) is 0 Å². The Labute approximate surface area is 111 Å². The van der Waals surface area contributed by atoms with Crippen LogP contribution in [0.25, 0.3) is 0 Å². The van der Waals surface area contributed by atoms with Crippen LogP contribution in [0.4, 0.5) is 13.2 Å². The van der Waals surface area contributed by atoms with Gasteiger partial charge in [-0.25, -0.2) is 0 Å². The van der Waals surface area contributed by atoms with Crippen LogP contribution in [-0.4, -0.2) is 0 Å². The predicted molar refractivity (Wildman–Crippen MR) is 66.8 cm³/mol. The number of nitrogens with two attached hydrogens (primary N) is 1. The van der Waals surface area contributed by atoms with Gasteiger partial charge in [0.1, 0.15) is 0 Å². The summed E-state index contributed by atoms with van der Waals surface area (Å²) in [5, 5.41) is 1.82. The first-order valence-corrected chi connectivity index (χ1v) is 6.31. The zero-order valence-electron chi connectivity index (χ0n) is 9.04. The van der Waals surface area contributed by atoms with Crippen molar-refractivity contribution in [1.29, 1.82) is 0 Å². The molecule has 0 aliphatic heterocycles. The predicted octanol–water partition coefficient (Wildman–Crippen LogP) is 4.47. The number of alkyl halides is 3. The summed E-state index contributed by atoms with van der Waals surface area (Å²) in [7, 11) is 0. The van der Waals surface area contributed by atoms with E-state index >= 15 is 0 Å². The van der Waals surface area contributed by atoms with Gasteiger partial charge >= 0.3 is 6.18 Å². The summed E-state index contributed by atoms with van der Waals surface area (Å²) in [6.07, 6.45) is -4.46. The minimum Gasteiger partial charge on any atom is -0.320 e. The van der Waals surface area contributed by atoms with Crippen molar-refractivity contribution in [3.05, 3.63) is 56.7 Å². The van der Waals surface area contributed by atoms with E-state index < -0.39 is 17.8 Å². The molecule has 0 amide bonds. The van der Waals surface area contributed by atoms with Gasteiger partial charge < -0.3 is 5.73 Å². The minimum absolute atomic E-state index is 0.0364. The minimum atomic E-state index is -4.46. The van der Waals surface area contributed by atoms with E-state index in [9.17, 15) is 13.2 Å². The van der Waals surface area contributed by atoms with E-state index in [1.54, 1.807) is 17.5 Å². The second kappa shape index (κ2) is 4.91. The smallest absolute Gasteiger partial charge is 0.320 e. The molecule has 0 spiro atoms. The summed E-state index contributed by atoms with van der Waals surface area (Å²) in [4.78, 5) is 0.683. The van der Waals surface area contributed by atoms with Gasteiger partial charge in [-0.15, -0.1) is 11.3 Å². The van der Waals surface area contributed by atoms with Crippen LogP contribution < -0.4 is 5.73 Å². The summed E-state index contributed by atoms with van der Waals surface area (Å²) in [6, 6.07) is 6.32. The third kappa shape index (κ3) is 2.68. The largest absolute Gasteiger partial charge is 0.416 e. The third-order valence-corrected chi connectivity index (χ3v) is 3.70. The fraction of sp³-hybridized carbons (Fsp3) is 0.167. The van der Waals surface area contributed by atoms with Gasteiger partial charge in [0.05, 0.1) is 11.6 Å². The molecule has 0 saturated heterocycles. The van der Waals surface area contributed by atoms with Crippen molar-refractivity contribution in [2.45, 2.75) is 12.2 Å². The summed E-state index contributed by atoms with van der Waals surface area (Å²) in [5.41, 5.74) is 5.13. The fourth-order valence-electron chi connectivity index (χ4n) is 1.67. The highest BCUT2D eigenvalue weighted by Crippen LogP contribution is 2.37. The molecule has 1 aromatic heterocycles. The highest BCUT2D eigenvalue weighted by Gasteiger charge is 2.35. The highest BCUT2D eigenvalue weighted by atomic mass is 35.5. The Balaban J connectivity index is 2.51. The SMILES string of the molecule is N[C@H](c1cccs1)c1ccc(Cl)cc1C(F)(F)F. The van der Waals surface area contributed by atoms with Crippen molar-refractivity contribution in [2.24, 2.45) is 5.73 Å². The van der Waals surface area contributed by atoms with Gasteiger partial charge in [0.25, 0.3) is 0 Å². The van der Waals surface area contributed by atoms with Gasteiger partial charge in [0.15, 0.2) is 0 Å². The zero-order valence-corrected chi connectivity index (χ0v) is 10.6. The van der Waals surface area contributed by atoms with Gasteiger partial charge in [-0.05, 0) is 29.1 Å². The molecule has 1 atom stereocenters. The van der Waals surface area contributed by atoms with Crippen LogP contribution in [0, 0.1) is 0 Å². The van der Waals surface area contributed by atoms with Crippen molar-refractivity contribution >= 4 is 22.9 Å². The monoisotopic (exact) mass is 291 g/mol. The summed E-state index contributed by atoms with van der Waals surface area (Å²) < 4.78 is 38.8. The summed E-state index contributed by atoms with van der Waals surface area (Å²) in [5.74, 6) is 0. The molecule has 2 rings (SSSR count). The van der Waals surface area contributed by atoms with Crippen molar-refractivity contribution in [3.8, 4) is 0 Å². The first-order valence-electron chi connectivity index (χ1n) is 5.05. The summed E-state index contributed by atoms with van der Waals surface area (Å²) >= 11 is 6.94. The van der Waals surface area contributed by atoms with Crippen LogP contribution in [0.3, 0.4) is 0 Å². The molecule has 0 bridgehead atoms. The van der Waals surface area contributed by atoms with Gasteiger partial charge in [-0.3, -0.25) is 0 Å². The molecule has 2 aromatic rings. The molecule has 0 saturated carbocycles. The highest BCUT2D eigenvalue weighted by molar-refractivity contribution is 7.10. The lowest BCUT2D eigenvalue weighted by Crippen LogP contribution is -2.17. The molecule has 2 N–H and O–H groups in total. The second-order valence-corrected chi connectivity index (χ2v) is 5.14. The topological polar surface area (TPSA) is 26.0 Å². The summed E-state index contributed by atoms with van der Waals surface area (Å²) in [6.45, 7) is 0. The Morgan fingerprint density at radius 1 is 1.22 bits per heavy atom. The lowest BCUT2D eigenvalue weighted by Gasteiger charge is -2.17. The molecule has 0 aliphatic carbocycles. The van der Waals surface area contributed by atoms with Crippen molar-refractivity contribution < 1.29 is 13.2 Å². The molecule has 0 fully saturated rings. The third-order valence-electron chi connectivity index (χ3n) is 2.51. The van der Waals surface area contributed by atoms with Crippen LogP contribution in [0.5, 0.6) is 0 Å². The normalized spacial score (nSPS) is 13.6. The maximum atomic E-state index is 12.9. The van der Waals surface area contributed by atoms with Crippen molar-refractivity contribution in [3.63, 3.8) is 0 Å². The van der Waals surface area contributed by atoms with Crippen LogP contribution in [0.15, 0.2) is 35.7 Å². The molecule has 96 valence electrons. The molecule has 0 aliphatic rings. The Morgan fingerprint density at radius 3 is 2.50 bits per heavy atom. The first-order chi connectivity index (χ1) is 8.39. The lowest BCUT2D eigenvalue weighted by molar-refractivity contribution is -0.138. The van der Waals surface area contributed by atoms with Crippen LogP contribution in [-0.2, 0) is 6.18 Å². The van der Waals surface area contributed by atoms with E-state index in [2.05, 4.69) is 0 Å². The number of benzene rings is 1. The Bertz CT molecular complexity index is 537. The second-order valence-electron chi connectivity index (χ2n) is 3.72. The molecule has 0 unspecified atom stereocenters. The molecule has 0 radical (unpaired) electrons. The van der Waals surface area contributed by atoms with E-state index in [0.29, 0.717) is 4.88 Å². The van der Waals surface area contributed by atoms with Crippen molar-refractivity contribution in [1.82, 2.24) is 0 Å². The average Bonchev–Trinajstić information content (AvgIpc) is 2.80. The average molecular weight is 292 g/mol. The van der Waals surface area contributed by atoms with E-state index in [-0.39, 0.29) is 10.6 Å². The molecular formula is C12H9ClF3NS. The zero-order chi connectivity index (χ0) is 13.3. The molecule has 18 heavy (non-hydrogen) atoms. The molecule has 1 nitrogen and oxygen atoms in total. The van der Waals surface area contributed by atoms with Gasteiger partial charge in [0, 0.05) is 9.90 Å². The van der Waals surface area contributed by atoms with E-state index in [0.717, 1.165) is 6.07 Å². The van der Waals surface area contributed by atoms with Crippen LogP contribution in [0.2, 0.25) is 5.02 Å². The Hall–Kier alpha value is -1.04. The number of hydrogen-bond acceptors (Lipinski definition) is 2. The maximum Gasteiger partial charge on any atom is 0.416 e. The molecular weight excluding hydrogens is 283 g/mol. The Kier molecular flexibility index (Phi) is 3.66. The van der Waals surface area contributed by atoms with E-state index in [1.165, 1.54) is 23.5 Å². The van der Waals surface area contributed by atoms with E-state index in [4.69, 9.17) is 17.3 Å². The maximum absolute atomic E-state index is 12.9. The standard InChI is InChI=1S/C12H9ClF3NS/c13-7-3-4-8(9(6-7)12(14,15)16)11(17)10-2-1-5-18-10/h1-6,11H,17H2/t11-/m0/s1. The quantitative estimate of drug-likeness (QED) is 0.868. The van der Waals surface area contributed by atoms with Crippen LogP contribution >= 0.6 is 22.9 Å². The molecule has 1 aromatic carbocycles. The fourth-order valence-corrected chi connectivity index (χ4v) is 2.58. The van der Waals surface area contributed by atoms with Gasteiger partial charge in [0.2, 0.25) is 0 Å². The van der Waals surface area contributed by atoms with Crippen LogP contribution in [0.1, 0.15) is 22.0 Å². The van der Waals surface area contributed by atoms with Gasteiger partial charge in [-0.1, -0.05) is 23.7 Å². The molecule has 1 heterocycles. The number of halogens is 4. The number of hydrogen-bond donors (Lipinski definition) is 1. The number of rotatable bonds is 2. The lowest BCUT2D eigenvalue weighted by atomic mass is 9.99. The molecule has 6 heteroatoms. The van der Waals surface area contributed by atoms with Gasteiger partial charge in [-0.2, -0.15) is 13.2 Å². The first kappa shape index (κ1) is 13.4. The van der Waals surface area contributed by atoms with Crippen molar-refractivity contribution in [2.75, 3.05) is 0 Å². The Morgan fingerprint density at radius 2 is 1.94 bits per heavy atom. The number of thiophene rings is 1.